The van der Waals surface area contributed by atoms with Crippen molar-refractivity contribution in [3.63, 3.8) is 0 Å². The Labute approximate surface area is 150 Å². The zero-order chi connectivity index (χ0) is 19.6. The molecule has 13 nitrogen and oxygen atoms in total. The Hall–Kier alpha value is -4.03. The number of nitro benzene ring substituents is 1. The van der Waals surface area contributed by atoms with E-state index in [0.717, 1.165) is 17.0 Å². The first-order valence-electron chi connectivity index (χ1n) is 7.43. The maximum Gasteiger partial charge on any atom is 0.343 e. The molecule has 0 radical (unpaired) electrons. The van der Waals surface area contributed by atoms with Crippen LogP contribution in [0.4, 0.5) is 11.5 Å². The summed E-state index contributed by atoms with van der Waals surface area (Å²) in [7, 11) is 0. The third kappa shape index (κ3) is 3.65. The lowest BCUT2D eigenvalue weighted by atomic mass is 10.1. The van der Waals surface area contributed by atoms with Gasteiger partial charge in [-0.25, -0.2) is 15.0 Å². The molecule has 0 saturated heterocycles. The second-order valence-corrected chi connectivity index (χ2v) is 5.32. The lowest BCUT2D eigenvalue weighted by Crippen LogP contribution is -2.24. The zero-order valence-electron chi connectivity index (χ0n) is 13.8. The lowest BCUT2D eigenvalue weighted by Gasteiger charge is -2.02. The number of hydrazone groups is 1. The van der Waals surface area contributed by atoms with Gasteiger partial charge in [0.05, 0.1) is 22.8 Å². The van der Waals surface area contributed by atoms with Crippen LogP contribution in [0.1, 0.15) is 11.4 Å². The Bertz CT molecular complexity index is 967. The normalized spacial score (nSPS) is 12.3. The van der Waals surface area contributed by atoms with Crippen LogP contribution in [-0.2, 0) is 11.3 Å². The first-order chi connectivity index (χ1) is 12.9. The van der Waals surface area contributed by atoms with Crippen molar-refractivity contribution < 1.29 is 24.1 Å². The van der Waals surface area contributed by atoms with Crippen molar-refractivity contribution in [1.82, 2.24) is 15.0 Å². The van der Waals surface area contributed by atoms with Crippen LogP contribution in [0.2, 0.25) is 0 Å². The van der Waals surface area contributed by atoms with Gasteiger partial charge >= 0.3 is 5.82 Å². The Morgan fingerprint density at radius 2 is 2.04 bits per heavy atom. The summed E-state index contributed by atoms with van der Waals surface area (Å²) in [5, 5.41) is 25.7. The average molecular weight is 376 g/mol. The number of aryl methyl sites for hydroxylation is 1. The van der Waals surface area contributed by atoms with Crippen molar-refractivity contribution in [2.24, 2.45) is 5.10 Å². The van der Waals surface area contributed by atoms with E-state index in [9.17, 15) is 25.0 Å². The van der Waals surface area contributed by atoms with Gasteiger partial charge in [-0.15, -0.1) is 0 Å². The van der Waals surface area contributed by atoms with Crippen LogP contribution in [0.15, 0.2) is 23.4 Å². The molecule has 2 heterocycles. The summed E-state index contributed by atoms with van der Waals surface area (Å²) in [6, 6.07) is 2.56. The highest BCUT2D eigenvalue weighted by Gasteiger charge is 2.23. The fourth-order valence-electron chi connectivity index (χ4n) is 2.36. The van der Waals surface area contributed by atoms with Crippen LogP contribution in [0.3, 0.4) is 0 Å². The number of nitrogens with one attached hydrogen (secondary N) is 1. The van der Waals surface area contributed by atoms with Gasteiger partial charge < -0.3 is 19.6 Å². The number of fused-ring (bicyclic) bond motifs is 1. The van der Waals surface area contributed by atoms with E-state index in [4.69, 9.17) is 9.47 Å². The number of carbonyl (C=O) groups excluding carboxylic acids is 1. The second kappa shape index (κ2) is 7.07. The van der Waals surface area contributed by atoms with Gasteiger partial charge in [-0.3, -0.25) is 14.9 Å². The fourth-order valence-corrected chi connectivity index (χ4v) is 2.36. The van der Waals surface area contributed by atoms with Gasteiger partial charge in [0, 0.05) is 6.92 Å². The van der Waals surface area contributed by atoms with Gasteiger partial charge in [-0.1, -0.05) is 0 Å². The van der Waals surface area contributed by atoms with Crippen LogP contribution in [0, 0.1) is 27.2 Å². The Kier molecular flexibility index (Phi) is 4.66. The topological polar surface area (TPSA) is 164 Å². The van der Waals surface area contributed by atoms with Gasteiger partial charge in [0.25, 0.3) is 11.6 Å². The highest BCUT2D eigenvalue weighted by molar-refractivity contribution is 5.88. The Morgan fingerprint density at radius 3 is 2.70 bits per heavy atom. The van der Waals surface area contributed by atoms with E-state index in [-0.39, 0.29) is 42.0 Å². The smallest absolute Gasteiger partial charge is 0.343 e. The van der Waals surface area contributed by atoms with Crippen LogP contribution >= 0.6 is 0 Å². The standard InChI is InChI=1S/C14H12N6O7/c1-8-15-5-14(20(24)25)18(8)6-13(21)17-16-4-9-2-11-12(27-7-26-11)3-10(9)19(22)23/h2-5H,6-7H2,1H3,(H,17,21)/b16-4-. The van der Waals surface area contributed by atoms with E-state index in [1.807, 2.05) is 0 Å². The van der Waals surface area contributed by atoms with Crippen LogP contribution in [-0.4, -0.2) is 38.3 Å². The molecule has 0 fully saturated rings. The maximum absolute atomic E-state index is 12.0. The minimum absolute atomic E-state index is 0.0488. The maximum atomic E-state index is 12.0. The molecule has 0 spiro atoms. The molecule has 1 amide bonds. The number of nitro groups is 2. The molecule has 0 saturated carbocycles. The minimum atomic E-state index is -0.668. The van der Waals surface area contributed by atoms with Crippen molar-refractivity contribution in [3.8, 4) is 11.5 Å². The predicted molar refractivity (Wildman–Crippen MR) is 88.6 cm³/mol. The molecule has 27 heavy (non-hydrogen) atoms. The summed E-state index contributed by atoms with van der Waals surface area (Å²) < 4.78 is 11.3. The first-order valence-corrected chi connectivity index (χ1v) is 7.43. The molecule has 3 rings (SSSR count). The van der Waals surface area contributed by atoms with E-state index in [0.29, 0.717) is 5.75 Å². The summed E-state index contributed by atoms with van der Waals surface area (Å²) in [4.78, 5) is 36.5. The number of ether oxygens (including phenoxy) is 2. The van der Waals surface area contributed by atoms with Crippen molar-refractivity contribution >= 4 is 23.6 Å². The molecule has 2 aromatic rings. The quantitative estimate of drug-likeness (QED) is 0.441. The molecule has 0 atom stereocenters. The zero-order valence-corrected chi connectivity index (χ0v) is 13.8. The van der Waals surface area contributed by atoms with Gasteiger partial charge in [-0.05, 0) is 11.0 Å². The van der Waals surface area contributed by atoms with E-state index in [1.165, 1.54) is 19.1 Å². The molecular formula is C14H12N6O7. The monoisotopic (exact) mass is 376 g/mol. The van der Waals surface area contributed by atoms with Gasteiger partial charge in [-0.2, -0.15) is 5.10 Å². The predicted octanol–water partition coefficient (Wildman–Crippen LogP) is 0.887. The van der Waals surface area contributed by atoms with E-state index >= 15 is 0 Å². The summed E-state index contributed by atoms with van der Waals surface area (Å²) in [5.41, 5.74) is 1.97. The number of imidazole rings is 1. The summed E-state index contributed by atoms with van der Waals surface area (Å²) >= 11 is 0. The summed E-state index contributed by atoms with van der Waals surface area (Å²) in [5.74, 6) is -0.159. The molecule has 1 aromatic heterocycles. The third-order valence-corrected chi connectivity index (χ3v) is 3.63. The molecule has 0 unspecified atom stereocenters. The number of benzene rings is 1. The van der Waals surface area contributed by atoms with E-state index < -0.39 is 15.8 Å². The Balaban J connectivity index is 1.73. The van der Waals surface area contributed by atoms with Gasteiger partial charge in [0.1, 0.15) is 6.20 Å². The van der Waals surface area contributed by atoms with Gasteiger partial charge in [0.15, 0.2) is 23.9 Å². The number of hydrogen-bond acceptors (Lipinski definition) is 9. The highest BCUT2D eigenvalue weighted by atomic mass is 16.7. The molecule has 1 aliphatic heterocycles. The van der Waals surface area contributed by atoms with Crippen molar-refractivity contribution in [2.75, 3.05) is 6.79 Å². The molecule has 13 heteroatoms. The third-order valence-electron chi connectivity index (χ3n) is 3.63. The number of amides is 1. The van der Waals surface area contributed by atoms with Crippen molar-refractivity contribution in [2.45, 2.75) is 13.5 Å². The van der Waals surface area contributed by atoms with E-state index in [2.05, 4.69) is 15.5 Å². The van der Waals surface area contributed by atoms with Crippen molar-refractivity contribution in [1.29, 1.82) is 0 Å². The molecule has 0 bridgehead atoms. The molecule has 1 aromatic carbocycles. The number of nitrogens with zero attached hydrogens (tertiary/aromatic N) is 5. The molecule has 1 N–H and O–H groups in total. The summed E-state index contributed by atoms with van der Waals surface area (Å²) in [6.45, 7) is 1.08. The molecular weight excluding hydrogens is 364 g/mol. The Morgan fingerprint density at radius 1 is 1.33 bits per heavy atom. The second-order valence-electron chi connectivity index (χ2n) is 5.32. The number of rotatable bonds is 6. The van der Waals surface area contributed by atoms with Crippen LogP contribution < -0.4 is 14.9 Å². The van der Waals surface area contributed by atoms with E-state index in [1.54, 1.807) is 0 Å². The van der Waals surface area contributed by atoms with Crippen LogP contribution in [0.25, 0.3) is 0 Å². The molecule has 1 aliphatic rings. The van der Waals surface area contributed by atoms with Crippen molar-refractivity contribution in [3.05, 3.63) is 49.9 Å². The number of carbonyl (C=O) groups is 1. The lowest BCUT2D eigenvalue weighted by molar-refractivity contribution is -0.392. The van der Waals surface area contributed by atoms with Crippen LogP contribution in [0.5, 0.6) is 11.5 Å². The first kappa shape index (κ1) is 17.8. The van der Waals surface area contributed by atoms with Gasteiger partial charge in [0.2, 0.25) is 6.79 Å². The molecule has 140 valence electrons. The SMILES string of the molecule is Cc1ncc([N+](=O)[O-])n1CC(=O)N/N=C\c1cc2c(cc1[N+](=O)[O-])OCO2. The number of hydrogen-bond donors (Lipinski definition) is 1. The average Bonchev–Trinajstić information content (AvgIpc) is 3.20. The number of aromatic nitrogens is 2. The highest BCUT2D eigenvalue weighted by Crippen LogP contribution is 2.37. The fraction of sp³-hybridized carbons (Fsp3) is 0.214. The minimum Gasteiger partial charge on any atom is -0.454 e. The summed E-state index contributed by atoms with van der Waals surface area (Å²) in [6.07, 6.45) is 2.12. The molecule has 0 aliphatic carbocycles. The largest absolute Gasteiger partial charge is 0.454 e.